The fraction of sp³-hybridized carbons (Fsp3) is 0.538. The van der Waals surface area contributed by atoms with Crippen molar-refractivity contribution in [2.45, 2.75) is 45.4 Å². The van der Waals surface area contributed by atoms with E-state index in [0.29, 0.717) is 5.92 Å². The summed E-state index contributed by atoms with van der Waals surface area (Å²) in [6.45, 7) is 4.44. The quantitative estimate of drug-likeness (QED) is 0.833. The van der Waals surface area contributed by atoms with Gasteiger partial charge in [0.25, 0.3) is 0 Å². The highest BCUT2D eigenvalue weighted by atomic mass is 32.1. The Morgan fingerprint density at radius 3 is 2.94 bits per heavy atom. The van der Waals surface area contributed by atoms with Crippen LogP contribution in [0.4, 0.5) is 0 Å². The summed E-state index contributed by atoms with van der Waals surface area (Å²) in [4.78, 5) is 5.76. The van der Waals surface area contributed by atoms with E-state index in [1.54, 1.807) is 11.3 Å². The van der Waals surface area contributed by atoms with E-state index < -0.39 is 0 Å². The third-order valence-electron chi connectivity index (χ3n) is 3.03. The van der Waals surface area contributed by atoms with E-state index in [2.05, 4.69) is 40.5 Å². The molecule has 1 unspecified atom stereocenters. The maximum Gasteiger partial charge on any atom is 0.191 e. The molecule has 0 radical (unpaired) electrons. The van der Waals surface area contributed by atoms with E-state index in [1.807, 2.05) is 6.07 Å². The van der Waals surface area contributed by atoms with Crippen molar-refractivity contribution in [3.8, 4) is 10.7 Å². The molecule has 17 heavy (non-hydrogen) atoms. The van der Waals surface area contributed by atoms with Gasteiger partial charge >= 0.3 is 0 Å². The predicted octanol–water partition coefficient (Wildman–Crippen LogP) is 4.22. The first kappa shape index (κ1) is 12.3. The highest BCUT2D eigenvalue weighted by molar-refractivity contribution is 7.13. The second-order valence-electron chi connectivity index (χ2n) is 4.27. The second kappa shape index (κ2) is 5.96. The highest BCUT2D eigenvalue weighted by Gasteiger charge is 2.14. The van der Waals surface area contributed by atoms with Gasteiger partial charge in [0, 0.05) is 5.92 Å². The number of H-pyrrole nitrogens is 1. The Hall–Kier alpha value is -1.16. The van der Waals surface area contributed by atoms with Gasteiger partial charge in [-0.25, -0.2) is 4.98 Å². The van der Waals surface area contributed by atoms with Gasteiger partial charge in [-0.2, -0.15) is 5.10 Å². The van der Waals surface area contributed by atoms with Crippen molar-refractivity contribution in [1.29, 1.82) is 0 Å². The standard InChI is InChI=1S/C13H19N3S/c1-3-5-7-10(4-2)12-14-13(16-15-12)11-8-6-9-17-11/h6,8-10H,3-5,7H2,1-2H3,(H,14,15,16). The average Bonchev–Trinajstić information content (AvgIpc) is 3.00. The molecule has 3 nitrogen and oxygen atoms in total. The number of hydrogen-bond donors (Lipinski definition) is 1. The Morgan fingerprint density at radius 2 is 2.29 bits per heavy atom. The smallest absolute Gasteiger partial charge is 0.191 e. The minimum atomic E-state index is 0.524. The number of nitrogens with one attached hydrogen (secondary N) is 1. The molecule has 1 N–H and O–H groups in total. The molecule has 1 atom stereocenters. The third-order valence-corrected chi connectivity index (χ3v) is 3.90. The van der Waals surface area contributed by atoms with Crippen LogP contribution < -0.4 is 0 Å². The van der Waals surface area contributed by atoms with Gasteiger partial charge in [-0.05, 0) is 24.3 Å². The maximum atomic E-state index is 4.62. The molecule has 0 fully saturated rings. The van der Waals surface area contributed by atoms with Crippen molar-refractivity contribution in [2.24, 2.45) is 0 Å². The molecule has 2 rings (SSSR count). The van der Waals surface area contributed by atoms with E-state index >= 15 is 0 Å². The van der Waals surface area contributed by atoms with Crippen molar-refractivity contribution in [1.82, 2.24) is 15.2 Å². The molecule has 0 aliphatic rings. The van der Waals surface area contributed by atoms with Gasteiger partial charge in [0.05, 0.1) is 4.88 Å². The van der Waals surface area contributed by atoms with Gasteiger partial charge < -0.3 is 0 Å². The van der Waals surface area contributed by atoms with Crippen molar-refractivity contribution in [3.63, 3.8) is 0 Å². The van der Waals surface area contributed by atoms with Crippen LogP contribution in [-0.4, -0.2) is 15.2 Å². The number of aromatic nitrogens is 3. The number of hydrogen-bond acceptors (Lipinski definition) is 3. The van der Waals surface area contributed by atoms with Gasteiger partial charge in [-0.3, -0.25) is 5.10 Å². The molecular weight excluding hydrogens is 230 g/mol. The Morgan fingerprint density at radius 1 is 1.41 bits per heavy atom. The molecule has 0 spiro atoms. The first-order valence-electron chi connectivity index (χ1n) is 6.31. The summed E-state index contributed by atoms with van der Waals surface area (Å²) in [7, 11) is 0. The van der Waals surface area contributed by atoms with Gasteiger partial charge in [-0.15, -0.1) is 11.3 Å². The van der Waals surface area contributed by atoms with Crippen molar-refractivity contribution in [3.05, 3.63) is 23.3 Å². The zero-order valence-electron chi connectivity index (χ0n) is 10.4. The molecule has 0 aliphatic heterocycles. The third kappa shape index (κ3) is 2.94. The van der Waals surface area contributed by atoms with E-state index in [9.17, 15) is 0 Å². The molecule has 0 saturated carbocycles. The van der Waals surface area contributed by atoms with Gasteiger partial charge in [0.1, 0.15) is 5.82 Å². The van der Waals surface area contributed by atoms with Crippen molar-refractivity contribution in [2.75, 3.05) is 0 Å². The molecular formula is C13H19N3S. The fourth-order valence-corrected chi connectivity index (χ4v) is 2.62. The van der Waals surface area contributed by atoms with Crippen LogP contribution in [0.5, 0.6) is 0 Å². The average molecular weight is 249 g/mol. The van der Waals surface area contributed by atoms with E-state index in [-0.39, 0.29) is 0 Å². The summed E-state index contributed by atoms with van der Waals surface area (Å²) in [5, 5.41) is 9.46. The Balaban J connectivity index is 2.11. The van der Waals surface area contributed by atoms with Crippen LogP contribution in [0, 0.1) is 0 Å². The van der Waals surface area contributed by atoms with Crippen molar-refractivity contribution >= 4 is 11.3 Å². The summed E-state index contributed by atoms with van der Waals surface area (Å²) in [6.07, 6.45) is 4.82. The predicted molar refractivity (Wildman–Crippen MR) is 72.3 cm³/mol. The number of nitrogens with zero attached hydrogens (tertiary/aromatic N) is 2. The second-order valence-corrected chi connectivity index (χ2v) is 5.22. The molecule has 0 saturated heterocycles. The molecule has 0 aromatic carbocycles. The lowest BCUT2D eigenvalue weighted by molar-refractivity contribution is 0.545. The summed E-state index contributed by atoms with van der Waals surface area (Å²) >= 11 is 1.68. The molecule has 4 heteroatoms. The number of unbranched alkanes of at least 4 members (excludes halogenated alkanes) is 1. The number of rotatable bonds is 6. The van der Waals surface area contributed by atoms with Crippen molar-refractivity contribution < 1.29 is 0 Å². The molecule has 92 valence electrons. The largest absolute Gasteiger partial charge is 0.262 e. The lowest BCUT2D eigenvalue weighted by Crippen LogP contribution is -1.99. The van der Waals surface area contributed by atoms with Crippen LogP contribution in [0.25, 0.3) is 10.7 Å². The summed E-state index contributed by atoms with van der Waals surface area (Å²) in [5.41, 5.74) is 0. The van der Waals surface area contributed by atoms with E-state index in [4.69, 9.17) is 0 Å². The number of thiophene rings is 1. The normalized spacial score (nSPS) is 12.8. The minimum Gasteiger partial charge on any atom is -0.262 e. The highest BCUT2D eigenvalue weighted by Crippen LogP contribution is 2.26. The molecule has 0 bridgehead atoms. The topological polar surface area (TPSA) is 41.6 Å². The molecule has 0 amide bonds. The van der Waals surface area contributed by atoms with Crippen LogP contribution in [0.1, 0.15) is 51.3 Å². The van der Waals surface area contributed by atoms with E-state index in [1.165, 1.54) is 19.3 Å². The Labute approximate surface area is 106 Å². The van der Waals surface area contributed by atoms with Crippen LogP contribution >= 0.6 is 11.3 Å². The Bertz CT molecular complexity index is 433. The molecule has 2 aromatic rings. The first-order chi connectivity index (χ1) is 8.35. The van der Waals surface area contributed by atoms with Gasteiger partial charge in [0.2, 0.25) is 0 Å². The van der Waals surface area contributed by atoms with E-state index in [0.717, 1.165) is 22.9 Å². The van der Waals surface area contributed by atoms with Crippen LogP contribution in [0.15, 0.2) is 17.5 Å². The lowest BCUT2D eigenvalue weighted by Gasteiger charge is -2.09. The summed E-state index contributed by atoms with van der Waals surface area (Å²) in [5.74, 6) is 2.41. The zero-order chi connectivity index (χ0) is 12.1. The summed E-state index contributed by atoms with van der Waals surface area (Å²) in [6, 6.07) is 4.09. The monoisotopic (exact) mass is 249 g/mol. The lowest BCUT2D eigenvalue weighted by atomic mass is 9.99. The van der Waals surface area contributed by atoms with Crippen LogP contribution in [-0.2, 0) is 0 Å². The molecule has 2 aromatic heterocycles. The Kier molecular flexibility index (Phi) is 4.31. The number of aromatic amines is 1. The van der Waals surface area contributed by atoms with Gasteiger partial charge in [-0.1, -0.05) is 32.8 Å². The first-order valence-corrected chi connectivity index (χ1v) is 7.19. The maximum absolute atomic E-state index is 4.62. The van der Waals surface area contributed by atoms with Gasteiger partial charge in [0.15, 0.2) is 5.82 Å². The zero-order valence-corrected chi connectivity index (χ0v) is 11.3. The minimum absolute atomic E-state index is 0.524. The van der Waals surface area contributed by atoms with Crippen LogP contribution in [0.2, 0.25) is 0 Å². The SMILES string of the molecule is CCCCC(CC)c1nc(-c2cccs2)n[nH]1. The molecule has 2 heterocycles. The summed E-state index contributed by atoms with van der Waals surface area (Å²) < 4.78 is 0. The van der Waals surface area contributed by atoms with Crippen LogP contribution in [0.3, 0.4) is 0 Å². The fourth-order valence-electron chi connectivity index (χ4n) is 1.96. The molecule has 0 aliphatic carbocycles.